The van der Waals surface area contributed by atoms with E-state index in [1.807, 2.05) is 0 Å². The number of aliphatic hydroxyl groups is 1. The van der Waals surface area contributed by atoms with Crippen LogP contribution in [0.4, 0.5) is 0 Å². The van der Waals surface area contributed by atoms with Crippen LogP contribution in [0.5, 0.6) is 0 Å². The summed E-state index contributed by atoms with van der Waals surface area (Å²) in [6.45, 7) is 2.08. The van der Waals surface area contributed by atoms with Gasteiger partial charge in [-0.1, -0.05) is 26.2 Å². The summed E-state index contributed by atoms with van der Waals surface area (Å²) in [6, 6.07) is 3.22. The van der Waals surface area contributed by atoms with Crippen LogP contribution in [0.3, 0.4) is 0 Å². The van der Waals surface area contributed by atoms with Crippen LogP contribution in [0.2, 0.25) is 0 Å². The molecule has 1 aromatic heterocycles. The minimum absolute atomic E-state index is 0.144. The lowest BCUT2D eigenvalue weighted by atomic mass is 9.71. The lowest BCUT2D eigenvalue weighted by molar-refractivity contribution is -0.00723. The van der Waals surface area contributed by atoms with Crippen LogP contribution < -0.4 is 0 Å². The third-order valence-corrected chi connectivity index (χ3v) is 3.94. The molecule has 1 heterocycles. The average molecular weight is 252 g/mol. The molecule has 0 spiro atoms. The summed E-state index contributed by atoms with van der Waals surface area (Å²) < 4.78 is 9.98. The molecule has 2 rings (SSSR count). The fourth-order valence-corrected chi connectivity index (χ4v) is 2.69. The molecule has 100 valence electrons. The van der Waals surface area contributed by atoms with Crippen molar-refractivity contribution in [1.82, 2.24) is 0 Å². The largest absolute Gasteiger partial charge is 0.463 e. The minimum Gasteiger partial charge on any atom is -0.463 e. The fourth-order valence-electron chi connectivity index (χ4n) is 2.69. The van der Waals surface area contributed by atoms with Gasteiger partial charge < -0.3 is 14.3 Å². The maximum absolute atomic E-state index is 11.3. The first-order valence-corrected chi connectivity index (χ1v) is 6.43. The Morgan fingerprint density at radius 3 is 2.67 bits per heavy atom. The molecular weight excluding hydrogens is 232 g/mol. The van der Waals surface area contributed by atoms with Gasteiger partial charge in [0.1, 0.15) is 11.9 Å². The van der Waals surface area contributed by atoms with Crippen molar-refractivity contribution in [3.05, 3.63) is 23.7 Å². The average Bonchev–Trinajstić information content (AvgIpc) is 2.87. The third kappa shape index (κ3) is 2.43. The Morgan fingerprint density at radius 1 is 1.39 bits per heavy atom. The number of hydrogen-bond acceptors (Lipinski definition) is 4. The standard InChI is InChI=1S/C14H20O4/c1-14(8-4-3-5-9-14)12(15)10-6-7-11(18-10)13(16)17-2/h6-7,12,15H,3-5,8-9H2,1-2H3. The monoisotopic (exact) mass is 252 g/mol. The van der Waals surface area contributed by atoms with Crippen molar-refractivity contribution in [1.29, 1.82) is 0 Å². The topological polar surface area (TPSA) is 59.7 Å². The number of carbonyl (C=O) groups excluding carboxylic acids is 1. The highest BCUT2D eigenvalue weighted by atomic mass is 16.5. The van der Waals surface area contributed by atoms with E-state index in [0.717, 1.165) is 25.7 Å². The van der Waals surface area contributed by atoms with Crippen LogP contribution >= 0.6 is 0 Å². The quantitative estimate of drug-likeness (QED) is 0.840. The van der Waals surface area contributed by atoms with Gasteiger partial charge in [-0.15, -0.1) is 0 Å². The summed E-state index contributed by atoms with van der Waals surface area (Å²) in [4.78, 5) is 11.3. The highest BCUT2D eigenvalue weighted by Gasteiger charge is 2.37. The lowest BCUT2D eigenvalue weighted by Gasteiger charge is -2.36. The summed E-state index contributed by atoms with van der Waals surface area (Å²) in [5, 5.41) is 10.4. The number of furan rings is 1. The van der Waals surface area contributed by atoms with E-state index in [-0.39, 0.29) is 11.2 Å². The second kappa shape index (κ2) is 5.14. The van der Waals surface area contributed by atoms with Crippen molar-refractivity contribution >= 4 is 5.97 Å². The van der Waals surface area contributed by atoms with Gasteiger partial charge in [0.05, 0.1) is 7.11 Å². The molecule has 0 aliphatic heterocycles. The molecule has 1 saturated carbocycles. The van der Waals surface area contributed by atoms with E-state index in [4.69, 9.17) is 4.42 Å². The van der Waals surface area contributed by atoms with Gasteiger partial charge in [0.25, 0.3) is 0 Å². The van der Waals surface area contributed by atoms with E-state index in [0.29, 0.717) is 5.76 Å². The van der Waals surface area contributed by atoms with Gasteiger partial charge in [0.15, 0.2) is 0 Å². The van der Waals surface area contributed by atoms with Crippen molar-refractivity contribution in [3.8, 4) is 0 Å². The molecule has 0 amide bonds. The normalized spacial score (nSPS) is 20.4. The van der Waals surface area contributed by atoms with Gasteiger partial charge in [-0.05, 0) is 25.0 Å². The molecule has 1 aromatic rings. The zero-order valence-corrected chi connectivity index (χ0v) is 10.9. The Bertz CT molecular complexity index is 415. The summed E-state index contributed by atoms with van der Waals surface area (Å²) in [7, 11) is 1.31. The summed E-state index contributed by atoms with van der Waals surface area (Å²) in [5.74, 6) is 0.0907. The predicted molar refractivity (Wildman–Crippen MR) is 66.2 cm³/mol. The van der Waals surface area contributed by atoms with Crippen molar-refractivity contribution in [3.63, 3.8) is 0 Å². The smallest absolute Gasteiger partial charge is 0.373 e. The zero-order chi connectivity index (χ0) is 13.2. The van der Waals surface area contributed by atoms with E-state index >= 15 is 0 Å². The van der Waals surface area contributed by atoms with Gasteiger partial charge in [0.2, 0.25) is 5.76 Å². The first-order chi connectivity index (χ1) is 8.57. The molecule has 4 heteroatoms. The SMILES string of the molecule is COC(=O)c1ccc(C(O)C2(C)CCCCC2)o1. The van der Waals surface area contributed by atoms with Crippen LogP contribution in [-0.2, 0) is 4.74 Å². The van der Waals surface area contributed by atoms with Crippen LogP contribution in [0.1, 0.15) is 61.4 Å². The third-order valence-electron chi connectivity index (χ3n) is 3.94. The number of ether oxygens (including phenoxy) is 1. The number of methoxy groups -OCH3 is 1. The second-order valence-corrected chi connectivity index (χ2v) is 5.31. The molecule has 18 heavy (non-hydrogen) atoms. The van der Waals surface area contributed by atoms with E-state index in [2.05, 4.69) is 11.7 Å². The molecule has 0 aromatic carbocycles. The highest BCUT2D eigenvalue weighted by molar-refractivity contribution is 5.86. The van der Waals surface area contributed by atoms with Crippen molar-refractivity contribution < 1.29 is 19.1 Å². The van der Waals surface area contributed by atoms with Crippen LogP contribution in [0.25, 0.3) is 0 Å². The molecule has 0 radical (unpaired) electrons. The van der Waals surface area contributed by atoms with E-state index in [1.165, 1.54) is 13.5 Å². The number of rotatable bonds is 3. The zero-order valence-electron chi connectivity index (χ0n) is 10.9. The van der Waals surface area contributed by atoms with Crippen molar-refractivity contribution in [2.24, 2.45) is 5.41 Å². The van der Waals surface area contributed by atoms with E-state index < -0.39 is 12.1 Å². The Kier molecular flexibility index (Phi) is 3.76. The maximum Gasteiger partial charge on any atom is 0.373 e. The summed E-state index contributed by atoms with van der Waals surface area (Å²) in [5.41, 5.74) is -0.149. The molecule has 1 unspecified atom stereocenters. The van der Waals surface area contributed by atoms with Gasteiger partial charge in [-0.25, -0.2) is 4.79 Å². The highest BCUT2D eigenvalue weighted by Crippen LogP contribution is 2.45. The number of hydrogen-bond donors (Lipinski definition) is 1. The molecule has 4 nitrogen and oxygen atoms in total. The molecule has 0 saturated heterocycles. The first-order valence-electron chi connectivity index (χ1n) is 6.43. The maximum atomic E-state index is 11.3. The van der Waals surface area contributed by atoms with Crippen LogP contribution in [0.15, 0.2) is 16.5 Å². The number of esters is 1. The molecule has 1 fully saturated rings. The second-order valence-electron chi connectivity index (χ2n) is 5.31. The van der Waals surface area contributed by atoms with E-state index in [1.54, 1.807) is 12.1 Å². The molecule has 1 N–H and O–H groups in total. The Labute approximate surface area is 107 Å². The van der Waals surface area contributed by atoms with Gasteiger partial charge >= 0.3 is 5.97 Å². The number of carbonyl (C=O) groups is 1. The Hall–Kier alpha value is -1.29. The van der Waals surface area contributed by atoms with Crippen molar-refractivity contribution in [2.75, 3.05) is 7.11 Å². The Morgan fingerprint density at radius 2 is 2.06 bits per heavy atom. The summed E-state index contributed by atoms with van der Waals surface area (Å²) in [6.07, 6.45) is 4.82. The first kappa shape index (κ1) is 13.1. The Balaban J connectivity index is 2.15. The predicted octanol–water partition coefficient (Wildman–Crippen LogP) is 3.07. The summed E-state index contributed by atoms with van der Waals surface area (Å²) >= 11 is 0. The molecular formula is C14H20O4. The number of aliphatic hydroxyl groups excluding tert-OH is 1. The van der Waals surface area contributed by atoms with Crippen molar-refractivity contribution in [2.45, 2.75) is 45.1 Å². The molecule has 1 atom stereocenters. The van der Waals surface area contributed by atoms with Gasteiger partial charge in [-0.2, -0.15) is 0 Å². The fraction of sp³-hybridized carbons (Fsp3) is 0.643. The van der Waals surface area contributed by atoms with Gasteiger partial charge in [0, 0.05) is 5.41 Å². The molecule has 1 aliphatic rings. The molecule has 1 aliphatic carbocycles. The van der Waals surface area contributed by atoms with Crippen LogP contribution in [-0.4, -0.2) is 18.2 Å². The van der Waals surface area contributed by atoms with E-state index in [9.17, 15) is 9.90 Å². The van der Waals surface area contributed by atoms with Crippen LogP contribution in [0, 0.1) is 5.41 Å². The minimum atomic E-state index is -0.656. The van der Waals surface area contributed by atoms with Gasteiger partial charge in [-0.3, -0.25) is 0 Å². The molecule has 0 bridgehead atoms. The lowest BCUT2D eigenvalue weighted by Crippen LogP contribution is -2.27.